The monoisotopic (exact) mass is 495 g/mol. The van der Waals surface area contributed by atoms with Crippen molar-refractivity contribution in [2.45, 2.75) is 39.5 Å². The molecule has 0 spiro atoms. The topological polar surface area (TPSA) is 64.6 Å². The molecule has 5 nitrogen and oxygen atoms in total. The standard InChI is InChI=1S/C22H26INO4/c1-13-18(21(26)28-9-8-27-4)19(14-6-5-7-15(23)10-14)20-16(24-13)11-22(2,3)12-17(20)25/h5-7,10,19,24H,8-9,11-12H2,1-4H3. The molecule has 1 aliphatic heterocycles. The molecule has 2 aliphatic rings. The van der Waals surface area contributed by atoms with Crippen LogP contribution in [0.4, 0.5) is 0 Å². The van der Waals surface area contributed by atoms with Crippen molar-refractivity contribution in [1.82, 2.24) is 5.32 Å². The maximum absolute atomic E-state index is 13.2. The smallest absolute Gasteiger partial charge is 0.336 e. The van der Waals surface area contributed by atoms with Gasteiger partial charge >= 0.3 is 5.97 Å². The SMILES string of the molecule is COCCOC(=O)C1=C(C)NC2=C(C(=O)CC(C)(C)C2)C1c1cccc(I)c1. The molecule has 1 atom stereocenters. The number of carbonyl (C=O) groups is 2. The number of dihydropyridines is 1. The Morgan fingerprint density at radius 2 is 2.04 bits per heavy atom. The Morgan fingerprint density at radius 1 is 1.29 bits per heavy atom. The molecular formula is C22H26INO4. The van der Waals surface area contributed by atoms with Crippen LogP contribution in [0, 0.1) is 8.99 Å². The van der Waals surface area contributed by atoms with E-state index in [1.54, 1.807) is 7.11 Å². The first-order valence-corrected chi connectivity index (χ1v) is 10.5. The van der Waals surface area contributed by atoms with Crippen LogP contribution in [0.5, 0.6) is 0 Å². The van der Waals surface area contributed by atoms with E-state index in [2.05, 4.69) is 41.8 Å². The van der Waals surface area contributed by atoms with Crippen LogP contribution in [0.15, 0.2) is 46.8 Å². The van der Waals surface area contributed by atoms with E-state index in [1.165, 1.54) is 0 Å². The zero-order chi connectivity index (χ0) is 20.5. The van der Waals surface area contributed by atoms with Gasteiger partial charge in [-0.2, -0.15) is 0 Å². The van der Waals surface area contributed by atoms with Crippen LogP contribution < -0.4 is 5.32 Å². The number of allylic oxidation sites excluding steroid dienone is 3. The predicted octanol–water partition coefficient (Wildman–Crippen LogP) is 4.08. The van der Waals surface area contributed by atoms with E-state index in [9.17, 15) is 9.59 Å². The van der Waals surface area contributed by atoms with E-state index in [0.717, 1.165) is 26.9 Å². The second kappa shape index (κ2) is 8.37. The van der Waals surface area contributed by atoms with Crippen LogP contribution in [-0.4, -0.2) is 32.1 Å². The largest absolute Gasteiger partial charge is 0.460 e. The number of Topliss-reactive ketones (excluding diaryl/α,β-unsaturated/α-hetero) is 1. The lowest BCUT2D eigenvalue weighted by molar-refractivity contribution is -0.140. The highest BCUT2D eigenvalue weighted by molar-refractivity contribution is 14.1. The highest BCUT2D eigenvalue weighted by Gasteiger charge is 2.43. The Bertz CT molecular complexity index is 869. The summed E-state index contributed by atoms with van der Waals surface area (Å²) in [6.45, 7) is 6.59. The maximum atomic E-state index is 13.2. The number of methoxy groups -OCH3 is 1. The fourth-order valence-corrected chi connectivity index (χ4v) is 4.59. The van der Waals surface area contributed by atoms with Gasteiger partial charge in [0.15, 0.2) is 5.78 Å². The van der Waals surface area contributed by atoms with Crippen molar-refractivity contribution in [1.29, 1.82) is 0 Å². The molecule has 150 valence electrons. The summed E-state index contributed by atoms with van der Waals surface area (Å²) in [5.41, 5.74) is 3.71. The van der Waals surface area contributed by atoms with Gasteiger partial charge in [0.25, 0.3) is 0 Å². The molecule has 0 saturated carbocycles. The number of halogens is 1. The summed E-state index contributed by atoms with van der Waals surface area (Å²) in [6, 6.07) is 7.97. The molecule has 0 saturated heterocycles. The number of carbonyl (C=O) groups excluding carboxylic acids is 2. The van der Waals surface area contributed by atoms with E-state index in [-0.39, 0.29) is 17.8 Å². The predicted molar refractivity (Wildman–Crippen MR) is 116 cm³/mol. The van der Waals surface area contributed by atoms with Crippen LogP contribution in [0.3, 0.4) is 0 Å². The van der Waals surface area contributed by atoms with Crippen molar-refractivity contribution in [3.63, 3.8) is 0 Å². The van der Waals surface area contributed by atoms with Gasteiger partial charge in [-0.3, -0.25) is 4.79 Å². The quantitative estimate of drug-likeness (QED) is 0.379. The number of ether oxygens (including phenoxy) is 2. The second-order valence-corrected chi connectivity index (χ2v) is 9.36. The second-order valence-electron chi connectivity index (χ2n) is 8.11. The van der Waals surface area contributed by atoms with Crippen LogP contribution in [0.2, 0.25) is 0 Å². The first kappa shape index (κ1) is 21.0. The lowest BCUT2D eigenvalue weighted by atomic mass is 9.68. The van der Waals surface area contributed by atoms with Crippen molar-refractivity contribution >= 4 is 34.3 Å². The molecule has 0 fully saturated rings. The van der Waals surface area contributed by atoms with Gasteiger partial charge in [0.1, 0.15) is 6.61 Å². The normalized spacial score (nSPS) is 21.3. The number of nitrogens with one attached hydrogen (secondary N) is 1. The Labute approximate surface area is 179 Å². The molecule has 1 aliphatic carbocycles. The lowest BCUT2D eigenvalue weighted by Crippen LogP contribution is -2.38. The number of ketones is 1. The molecule has 0 radical (unpaired) electrons. The summed E-state index contributed by atoms with van der Waals surface area (Å²) in [4.78, 5) is 26.1. The molecule has 0 bridgehead atoms. The number of hydrogen-bond donors (Lipinski definition) is 1. The minimum absolute atomic E-state index is 0.0947. The Hall–Kier alpha value is -1.67. The van der Waals surface area contributed by atoms with E-state index < -0.39 is 11.9 Å². The molecule has 6 heteroatoms. The summed E-state index contributed by atoms with van der Waals surface area (Å²) >= 11 is 2.25. The van der Waals surface area contributed by atoms with Crippen LogP contribution in [0.1, 0.15) is 45.1 Å². The van der Waals surface area contributed by atoms with Gasteiger partial charge in [-0.25, -0.2) is 4.79 Å². The van der Waals surface area contributed by atoms with Crippen molar-refractivity contribution < 1.29 is 19.1 Å². The van der Waals surface area contributed by atoms with Crippen LogP contribution >= 0.6 is 22.6 Å². The summed E-state index contributed by atoms with van der Waals surface area (Å²) < 4.78 is 11.5. The van der Waals surface area contributed by atoms with Crippen molar-refractivity contribution in [3.05, 3.63) is 55.9 Å². The van der Waals surface area contributed by atoms with Gasteiger partial charge in [-0.05, 0) is 59.0 Å². The Morgan fingerprint density at radius 3 is 2.71 bits per heavy atom. The van der Waals surface area contributed by atoms with E-state index in [1.807, 2.05) is 31.2 Å². The third-order valence-corrected chi connectivity index (χ3v) is 5.83. The lowest BCUT2D eigenvalue weighted by Gasteiger charge is -2.39. The molecule has 1 aromatic carbocycles. The summed E-state index contributed by atoms with van der Waals surface area (Å²) in [6.07, 6.45) is 1.25. The van der Waals surface area contributed by atoms with E-state index in [0.29, 0.717) is 24.2 Å². The highest BCUT2D eigenvalue weighted by atomic mass is 127. The van der Waals surface area contributed by atoms with E-state index in [4.69, 9.17) is 9.47 Å². The number of esters is 1. The number of hydrogen-bond acceptors (Lipinski definition) is 5. The van der Waals surface area contributed by atoms with Gasteiger partial charge in [0.05, 0.1) is 12.2 Å². The first-order valence-electron chi connectivity index (χ1n) is 9.39. The number of benzene rings is 1. The molecular weight excluding hydrogens is 469 g/mol. The van der Waals surface area contributed by atoms with Gasteiger partial charge in [0.2, 0.25) is 0 Å². The maximum Gasteiger partial charge on any atom is 0.336 e. The molecule has 0 aromatic heterocycles. The van der Waals surface area contributed by atoms with E-state index >= 15 is 0 Å². The van der Waals surface area contributed by atoms with Crippen molar-refractivity contribution in [2.24, 2.45) is 5.41 Å². The molecule has 28 heavy (non-hydrogen) atoms. The summed E-state index contributed by atoms with van der Waals surface area (Å²) in [5.74, 6) is -0.725. The molecule has 0 amide bonds. The molecule has 1 unspecified atom stereocenters. The van der Waals surface area contributed by atoms with Gasteiger partial charge in [0, 0.05) is 40.0 Å². The van der Waals surface area contributed by atoms with Crippen molar-refractivity contribution in [3.8, 4) is 0 Å². The minimum Gasteiger partial charge on any atom is -0.460 e. The third kappa shape index (κ3) is 4.33. The van der Waals surface area contributed by atoms with Crippen molar-refractivity contribution in [2.75, 3.05) is 20.3 Å². The molecule has 1 N–H and O–H groups in total. The van der Waals surface area contributed by atoms with Gasteiger partial charge in [-0.1, -0.05) is 26.0 Å². The highest BCUT2D eigenvalue weighted by Crippen LogP contribution is 2.46. The van der Waals surface area contributed by atoms with Crippen LogP contribution in [0.25, 0.3) is 0 Å². The molecule has 1 aromatic rings. The zero-order valence-corrected chi connectivity index (χ0v) is 18.9. The average Bonchev–Trinajstić information content (AvgIpc) is 2.59. The summed E-state index contributed by atoms with van der Waals surface area (Å²) in [7, 11) is 1.56. The fourth-order valence-electron chi connectivity index (χ4n) is 4.02. The first-order chi connectivity index (χ1) is 13.2. The Balaban J connectivity index is 2.09. The molecule has 1 heterocycles. The number of rotatable bonds is 5. The molecule has 3 rings (SSSR count). The van der Waals surface area contributed by atoms with Crippen LogP contribution in [-0.2, 0) is 19.1 Å². The minimum atomic E-state index is -0.412. The average molecular weight is 495 g/mol. The fraction of sp³-hybridized carbons (Fsp3) is 0.455. The van der Waals surface area contributed by atoms with Gasteiger partial charge in [-0.15, -0.1) is 0 Å². The Kier molecular flexibility index (Phi) is 6.29. The summed E-state index contributed by atoms with van der Waals surface area (Å²) in [5, 5.41) is 3.34. The van der Waals surface area contributed by atoms with Gasteiger partial charge < -0.3 is 14.8 Å². The zero-order valence-electron chi connectivity index (χ0n) is 16.7. The third-order valence-electron chi connectivity index (χ3n) is 5.16.